The molecule has 0 aliphatic carbocycles. The van der Waals surface area contributed by atoms with Gasteiger partial charge >= 0.3 is 0 Å². The first-order chi connectivity index (χ1) is 8.08. The third kappa shape index (κ3) is 4.14. The van der Waals surface area contributed by atoms with Gasteiger partial charge in [-0.1, -0.05) is 36.2 Å². The number of nitrogens with one attached hydrogen (secondary N) is 1. The Kier molecular flexibility index (Phi) is 5.66. The van der Waals surface area contributed by atoms with Crippen molar-refractivity contribution in [1.29, 1.82) is 0 Å². The number of ether oxygens (including phenoxy) is 1. The van der Waals surface area contributed by atoms with Crippen molar-refractivity contribution in [2.75, 3.05) is 13.2 Å². The van der Waals surface area contributed by atoms with E-state index in [-0.39, 0.29) is 12.1 Å². The van der Waals surface area contributed by atoms with Gasteiger partial charge in [-0.15, -0.1) is 0 Å². The molecule has 1 aromatic carbocycles. The number of hydrogen-bond acceptors (Lipinski definition) is 2. The molecular weight excluding hydrogens is 210 g/mol. The molecule has 0 bridgehead atoms. The van der Waals surface area contributed by atoms with E-state index in [2.05, 4.69) is 51.2 Å². The van der Waals surface area contributed by atoms with Crippen molar-refractivity contribution in [2.24, 2.45) is 0 Å². The van der Waals surface area contributed by atoms with E-state index in [1.807, 2.05) is 6.92 Å². The zero-order valence-corrected chi connectivity index (χ0v) is 11.7. The number of likely N-dealkylation sites (N-methyl/N-ethyl adjacent to an activating group) is 1. The highest BCUT2D eigenvalue weighted by Crippen LogP contribution is 2.21. The second-order valence-electron chi connectivity index (χ2n) is 4.62. The lowest BCUT2D eigenvalue weighted by atomic mass is 9.98. The number of benzene rings is 1. The van der Waals surface area contributed by atoms with Crippen LogP contribution < -0.4 is 5.32 Å². The fourth-order valence-electron chi connectivity index (χ4n) is 2.32. The van der Waals surface area contributed by atoms with Gasteiger partial charge in [-0.2, -0.15) is 0 Å². The predicted molar refractivity (Wildman–Crippen MR) is 73.4 cm³/mol. The highest BCUT2D eigenvalue weighted by atomic mass is 16.5. The van der Waals surface area contributed by atoms with Crippen LogP contribution in [0.25, 0.3) is 0 Å². The summed E-state index contributed by atoms with van der Waals surface area (Å²) in [5, 5.41) is 3.51. The molecule has 1 rings (SSSR count). The first-order valence-electron chi connectivity index (χ1n) is 6.51. The highest BCUT2D eigenvalue weighted by Gasteiger charge is 2.18. The average molecular weight is 235 g/mol. The van der Waals surface area contributed by atoms with Gasteiger partial charge < -0.3 is 10.1 Å². The minimum absolute atomic E-state index is 0.196. The Balaban J connectivity index is 2.95. The average Bonchev–Trinajstić information content (AvgIpc) is 2.24. The lowest BCUT2D eigenvalue weighted by Crippen LogP contribution is -2.32. The Hall–Kier alpha value is -0.860. The molecule has 0 spiro atoms. The summed E-state index contributed by atoms with van der Waals surface area (Å²) in [5.74, 6) is 0. The van der Waals surface area contributed by atoms with E-state index < -0.39 is 0 Å². The molecule has 2 atom stereocenters. The van der Waals surface area contributed by atoms with Crippen molar-refractivity contribution < 1.29 is 4.74 Å². The molecule has 1 N–H and O–H groups in total. The van der Waals surface area contributed by atoms with E-state index in [0.717, 1.165) is 13.2 Å². The molecule has 2 heteroatoms. The van der Waals surface area contributed by atoms with Gasteiger partial charge in [0.05, 0.1) is 12.1 Å². The normalized spacial score (nSPS) is 14.6. The first kappa shape index (κ1) is 14.2. The third-order valence-electron chi connectivity index (χ3n) is 2.93. The summed E-state index contributed by atoms with van der Waals surface area (Å²) in [4.78, 5) is 0. The third-order valence-corrected chi connectivity index (χ3v) is 2.93. The monoisotopic (exact) mass is 235 g/mol. The molecule has 0 heterocycles. The van der Waals surface area contributed by atoms with E-state index in [0.29, 0.717) is 0 Å². The van der Waals surface area contributed by atoms with Gasteiger partial charge in [0, 0.05) is 6.61 Å². The summed E-state index contributed by atoms with van der Waals surface area (Å²) in [7, 11) is 0. The molecule has 0 fully saturated rings. The fraction of sp³-hybridized carbons (Fsp3) is 0.600. The molecule has 2 nitrogen and oxygen atoms in total. The predicted octanol–water partition coefficient (Wildman–Crippen LogP) is 3.38. The van der Waals surface area contributed by atoms with E-state index in [1.54, 1.807) is 0 Å². The van der Waals surface area contributed by atoms with Crippen LogP contribution in [-0.4, -0.2) is 19.3 Å². The van der Waals surface area contributed by atoms with Crippen molar-refractivity contribution in [1.82, 2.24) is 5.32 Å². The van der Waals surface area contributed by atoms with Gasteiger partial charge in [-0.05, 0) is 39.8 Å². The molecule has 0 radical (unpaired) electrons. The molecule has 17 heavy (non-hydrogen) atoms. The Bertz CT molecular complexity index is 329. The van der Waals surface area contributed by atoms with Crippen molar-refractivity contribution in [3.05, 3.63) is 34.9 Å². The standard InChI is InChI=1S/C15H25NO/c1-6-16-15(13(5)17-7-2)14-9-11(3)8-12(4)10-14/h8-10,13,15-16H,6-7H2,1-5H3. The zero-order valence-electron chi connectivity index (χ0n) is 11.7. The minimum Gasteiger partial charge on any atom is -0.377 e. The maximum Gasteiger partial charge on any atom is 0.0741 e. The van der Waals surface area contributed by atoms with Crippen LogP contribution in [0, 0.1) is 13.8 Å². The van der Waals surface area contributed by atoms with Gasteiger partial charge in [0.2, 0.25) is 0 Å². The van der Waals surface area contributed by atoms with E-state index in [4.69, 9.17) is 4.74 Å². The van der Waals surface area contributed by atoms with Crippen molar-refractivity contribution in [2.45, 2.75) is 46.8 Å². The molecule has 0 saturated carbocycles. The topological polar surface area (TPSA) is 21.3 Å². The second-order valence-corrected chi connectivity index (χ2v) is 4.62. The zero-order chi connectivity index (χ0) is 12.8. The van der Waals surface area contributed by atoms with Crippen LogP contribution in [0.2, 0.25) is 0 Å². The van der Waals surface area contributed by atoms with Crippen molar-refractivity contribution >= 4 is 0 Å². The van der Waals surface area contributed by atoms with Crippen molar-refractivity contribution in [3.63, 3.8) is 0 Å². The van der Waals surface area contributed by atoms with Crippen LogP contribution in [0.5, 0.6) is 0 Å². The summed E-state index contributed by atoms with van der Waals surface area (Å²) in [5.41, 5.74) is 3.95. The lowest BCUT2D eigenvalue weighted by Gasteiger charge is -2.25. The molecule has 0 saturated heterocycles. The Labute approximate surface area is 105 Å². The van der Waals surface area contributed by atoms with Gasteiger partial charge in [-0.3, -0.25) is 0 Å². The smallest absolute Gasteiger partial charge is 0.0741 e. The number of hydrogen-bond donors (Lipinski definition) is 1. The van der Waals surface area contributed by atoms with Crippen LogP contribution >= 0.6 is 0 Å². The molecule has 0 aliphatic rings. The largest absolute Gasteiger partial charge is 0.377 e. The van der Waals surface area contributed by atoms with Crippen molar-refractivity contribution in [3.8, 4) is 0 Å². The van der Waals surface area contributed by atoms with Crippen LogP contribution in [0.15, 0.2) is 18.2 Å². The minimum atomic E-state index is 0.196. The Morgan fingerprint density at radius 2 is 1.71 bits per heavy atom. The molecule has 2 unspecified atom stereocenters. The summed E-state index contributed by atoms with van der Waals surface area (Å²) in [6.45, 7) is 12.3. The van der Waals surface area contributed by atoms with Gasteiger partial charge in [0.25, 0.3) is 0 Å². The Morgan fingerprint density at radius 1 is 1.12 bits per heavy atom. The van der Waals surface area contributed by atoms with E-state index in [9.17, 15) is 0 Å². The van der Waals surface area contributed by atoms with Crippen LogP contribution in [0.1, 0.15) is 43.5 Å². The lowest BCUT2D eigenvalue weighted by molar-refractivity contribution is 0.0476. The van der Waals surface area contributed by atoms with Crippen LogP contribution in [0.4, 0.5) is 0 Å². The maximum absolute atomic E-state index is 5.73. The van der Waals surface area contributed by atoms with E-state index in [1.165, 1.54) is 16.7 Å². The fourth-order valence-corrected chi connectivity index (χ4v) is 2.32. The summed E-state index contributed by atoms with van der Waals surface area (Å²) in [6.07, 6.45) is 0.196. The summed E-state index contributed by atoms with van der Waals surface area (Å²) >= 11 is 0. The molecule has 96 valence electrons. The van der Waals surface area contributed by atoms with Gasteiger partial charge in [0.15, 0.2) is 0 Å². The first-order valence-corrected chi connectivity index (χ1v) is 6.51. The molecule has 0 aromatic heterocycles. The molecular formula is C15H25NO. The van der Waals surface area contributed by atoms with Crippen LogP contribution in [-0.2, 0) is 4.74 Å². The quantitative estimate of drug-likeness (QED) is 0.816. The molecule has 0 amide bonds. The second kappa shape index (κ2) is 6.77. The van der Waals surface area contributed by atoms with Crippen LogP contribution in [0.3, 0.4) is 0 Å². The SMILES string of the molecule is CCNC(c1cc(C)cc(C)c1)C(C)OCC. The van der Waals surface area contributed by atoms with E-state index >= 15 is 0 Å². The van der Waals surface area contributed by atoms with Gasteiger partial charge in [-0.25, -0.2) is 0 Å². The molecule has 0 aliphatic heterocycles. The highest BCUT2D eigenvalue weighted by molar-refractivity contribution is 5.31. The maximum atomic E-state index is 5.73. The Morgan fingerprint density at radius 3 is 2.18 bits per heavy atom. The molecule has 1 aromatic rings. The van der Waals surface area contributed by atoms with Gasteiger partial charge in [0.1, 0.15) is 0 Å². The number of rotatable bonds is 6. The number of aryl methyl sites for hydroxylation is 2. The summed E-state index contributed by atoms with van der Waals surface area (Å²) < 4.78 is 5.73. The summed E-state index contributed by atoms with van der Waals surface area (Å²) in [6, 6.07) is 6.97.